The van der Waals surface area contributed by atoms with Gasteiger partial charge in [0.25, 0.3) is 0 Å². The van der Waals surface area contributed by atoms with Crippen LogP contribution in [-0.4, -0.2) is 62.3 Å². The van der Waals surface area contributed by atoms with Crippen LogP contribution < -0.4 is 5.32 Å². The molecule has 1 heterocycles. The Balaban J connectivity index is 0.992. The Kier molecular flexibility index (Phi) is 11.1. The Labute approximate surface area is 326 Å². The Bertz CT molecular complexity index is 1880. The van der Waals surface area contributed by atoms with Gasteiger partial charge in [0.05, 0.1) is 41.8 Å². The first-order valence-electron chi connectivity index (χ1n) is 20.8. The number of carbonyl (C=O) groups is 2. The van der Waals surface area contributed by atoms with Gasteiger partial charge in [-0.1, -0.05) is 70.2 Å². The zero-order valence-electron chi connectivity index (χ0n) is 33.4. The molecule has 2 aromatic carbocycles. The van der Waals surface area contributed by atoms with Crippen LogP contribution in [0.2, 0.25) is 0 Å². The third-order valence-corrected chi connectivity index (χ3v) is 15.6. The molecule has 9 heteroatoms. The summed E-state index contributed by atoms with van der Waals surface area (Å²) >= 11 is 0. The van der Waals surface area contributed by atoms with Crippen LogP contribution >= 0.6 is 0 Å². The predicted octanol–water partition coefficient (Wildman–Crippen LogP) is 7.96. The lowest BCUT2D eigenvalue weighted by Gasteiger charge is -2.64. The van der Waals surface area contributed by atoms with Crippen molar-refractivity contribution in [2.45, 2.75) is 129 Å². The molecule has 0 saturated heterocycles. The van der Waals surface area contributed by atoms with E-state index in [1.165, 1.54) is 7.11 Å². The first-order chi connectivity index (χ1) is 26.2. The standard InChI is InChI=1S/C46H62N2O7/c1-6-35-41(43(53)55-5)42(31-9-7-8-10-36(31)48-35)47-26-29-14-12-28(13-15-29)19-20-46(54)22-21-44(3)30(25-46)23-37(49)40-33-17-16-32(27(2)11-18-39(51)52)45(33,4)38(50)24-34(40)44/h7-10,12-15,27,30,32-34,37-38,40,49-50,54H,6,11,16-26H2,1-5H3,(H,47,48)(H,51,52). The van der Waals surface area contributed by atoms with Crippen molar-refractivity contribution in [2.24, 2.45) is 46.3 Å². The molecule has 4 aliphatic rings. The molecule has 4 aliphatic carbocycles. The molecule has 11 unspecified atom stereocenters. The number of carbonyl (C=O) groups excluding carboxylic acids is 1. The molecule has 0 bridgehead atoms. The number of esters is 1. The zero-order valence-corrected chi connectivity index (χ0v) is 33.4. The fourth-order valence-electron chi connectivity index (χ4n) is 12.4. The van der Waals surface area contributed by atoms with Crippen molar-refractivity contribution in [3.8, 4) is 0 Å². The Morgan fingerprint density at radius 1 is 1.00 bits per heavy atom. The highest BCUT2D eigenvalue weighted by Gasteiger charge is 2.66. The van der Waals surface area contributed by atoms with E-state index in [1.54, 1.807) is 0 Å². The number of nitrogens with zero attached hydrogens (tertiary/aromatic N) is 1. The van der Waals surface area contributed by atoms with Crippen molar-refractivity contribution in [1.29, 1.82) is 0 Å². The summed E-state index contributed by atoms with van der Waals surface area (Å²) in [6.07, 6.45) is 7.44. The van der Waals surface area contributed by atoms with Gasteiger partial charge in [0.1, 0.15) is 5.56 Å². The van der Waals surface area contributed by atoms with Gasteiger partial charge in [0.15, 0.2) is 0 Å². The minimum Gasteiger partial charge on any atom is -0.481 e. The first kappa shape index (κ1) is 39.7. The Hall–Kier alpha value is -3.53. The number of methoxy groups -OCH3 is 1. The van der Waals surface area contributed by atoms with Gasteiger partial charge < -0.3 is 30.5 Å². The Morgan fingerprint density at radius 2 is 1.73 bits per heavy atom. The average molecular weight is 755 g/mol. The molecule has 0 amide bonds. The lowest BCUT2D eigenvalue weighted by Crippen LogP contribution is -2.63. The van der Waals surface area contributed by atoms with E-state index < -0.39 is 29.7 Å². The molecular formula is C46H62N2O7. The number of ether oxygens (including phenoxy) is 1. The number of rotatable bonds is 12. The second-order valence-corrected chi connectivity index (χ2v) is 18.3. The number of hydrogen-bond donors (Lipinski definition) is 5. The summed E-state index contributed by atoms with van der Waals surface area (Å²) in [5, 5.41) is 49.6. The van der Waals surface area contributed by atoms with E-state index in [4.69, 9.17) is 9.72 Å². The van der Waals surface area contributed by atoms with Gasteiger partial charge in [-0.05, 0) is 134 Å². The van der Waals surface area contributed by atoms with E-state index in [0.717, 1.165) is 59.8 Å². The van der Waals surface area contributed by atoms with E-state index >= 15 is 0 Å². The molecule has 9 nitrogen and oxygen atoms in total. The molecule has 0 radical (unpaired) electrons. The molecule has 298 valence electrons. The van der Waals surface area contributed by atoms with Crippen LogP contribution in [0.3, 0.4) is 0 Å². The Morgan fingerprint density at radius 3 is 2.44 bits per heavy atom. The van der Waals surface area contributed by atoms with Crippen LogP contribution in [-0.2, 0) is 28.9 Å². The maximum atomic E-state index is 12.9. The lowest BCUT2D eigenvalue weighted by atomic mass is 9.42. The van der Waals surface area contributed by atoms with Crippen LogP contribution in [0, 0.1) is 46.3 Å². The van der Waals surface area contributed by atoms with Crippen LogP contribution in [0.1, 0.15) is 119 Å². The number of aliphatic carboxylic acids is 1. The average Bonchev–Trinajstić information content (AvgIpc) is 3.54. The molecule has 0 aliphatic heterocycles. The highest BCUT2D eigenvalue weighted by molar-refractivity contribution is 6.06. The van der Waals surface area contributed by atoms with Crippen molar-refractivity contribution in [3.63, 3.8) is 0 Å². The number of aryl methyl sites for hydroxylation is 2. The minimum absolute atomic E-state index is 0.0497. The summed E-state index contributed by atoms with van der Waals surface area (Å²) in [5.41, 5.74) is 3.80. The number of aliphatic hydroxyl groups excluding tert-OH is 2. The largest absolute Gasteiger partial charge is 0.481 e. The molecule has 0 spiro atoms. The maximum absolute atomic E-state index is 12.9. The molecule has 4 saturated carbocycles. The maximum Gasteiger partial charge on any atom is 0.341 e. The van der Waals surface area contributed by atoms with Crippen LogP contribution in [0.25, 0.3) is 10.9 Å². The summed E-state index contributed by atoms with van der Waals surface area (Å²) < 4.78 is 5.15. The smallest absolute Gasteiger partial charge is 0.341 e. The van der Waals surface area contributed by atoms with E-state index in [-0.39, 0.29) is 52.8 Å². The molecular weight excluding hydrogens is 693 g/mol. The fraction of sp³-hybridized carbons (Fsp3) is 0.630. The van der Waals surface area contributed by atoms with Crippen molar-refractivity contribution < 1.29 is 34.8 Å². The number of benzene rings is 2. The number of para-hydroxylation sites is 1. The van der Waals surface area contributed by atoms with Gasteiger partial charge in [-0.15, -0.1) is 0 Å². The summed E-state index contributed by atoms with van der Waals surface area (Å²) in [5.74, 6) is 0.0301. The quantitative estimate of drug-likeness (QED) is 0.116. The van der Waals surface area contributed by atoms with Gasteiger partial charge in [0, 0.05) is 18.4 Å². The normalized spacial score (nSPS) is 34.7. The third kappa shape index (κ3) is 7.18. The molecule has 5 N–H and O–H groups in total. The number of hydrogen-bond acceptors (Lipinski definition) is 8. The van der Waals surface area contributed by atoms with E-state index in [1.807, 2.05) is 31.2 Å². The van der Waals surface area contributed by atoms with Crippen molar-refractivity contribution >= 4 is 28.5 Å². The van der Waals surface area contributed by atoms with Gasteiger partial charge in [0.2, 0.25) is 0 Å². The predicted molar refractivity (Wildman–Crippen MR) is 214 cm³/mol. The number of aliphatic hydroxyl groups is 3. The number of pyridine rings is 1. The van der Waals surface area contributed by atoms with Crippen molar-refractivity contribution in [1.82, 2.24) is 4.98 Å². The van der Waals surface area contributed by atoms with Gasteiger partial charge in [-0.25, -0.2) is 4.79 Å². The number of aromatic nitrogens is 1. The fourth-order valence-corrected chi connectivity index (χ4v) is 12.4. The molecule has 1 aromatic heterocycles. The van der Waals surface area contributed by atoms with Crippen molar-refractivity contribution in [3.05, 3.63) is 70.9 Å². The monoisotopic (exact) mass is 754 g/mol. The topological polar surface area (TPSA) is 149 Å². The SMILES string of the molecule is CCc1nc2ccccc2c(NCc2ccc(CCC3(O)CCC4(C)C(CC(O)C5C4CC(O)C4(C)C(C(C)CCC(=O)O)CCC54)C3)cc2)c1C(=O)OC. The number of fused-ring (bicyclic) bond motifs is 6. The second kappa shape index (κ2) is 15.4. The van der Waals surface area contributed by atoms with E-state index in [2.05, 4.69) is 50.4 Å². The number of nitrogens with one attached hydrogen (secondary N) is 1. The van der Waals surface area contributed by atoms with Gasteiger partial charge in [-0.3, -0.25) is 9.78 Å². The van der Waals surface area contributed by atoms with Crippen LogP contribution in [0.4, 0.5) is 5.69 Å². The summed E-state index contributed by atoms with van der Waals surface area (Å²) in [6.45, 7) is 9.26. The third-order valence-electron chi connectivity index (χ3n) is 15.6. The number of anilines is 1. The van der Waals surface area contributed by atoms with Crippen molar-refractivity contribution in [2.75, 3.05) is 12.4 Å². The summed E-state index contributed by atoms with van der Waals surface area (Å²) in [6, 6.07) is 16.3. The van der Waals surface area contributed by atoms with Crippen LogP contribution in [0.5, 0.6) is 0 Å². The first-order valence-corrected chi connectivity index (χ1v) is 20.8. The van der Waals surface area contributed by atoms with E-state index in [0.29, 0.717) is 56.3 Å². The van der Waals surface area contributed by atoms with Gasteiger partial charge >= 0.3 is 11.9 Å². The van der Waals surface area contributed by atoms with E-state index in [9.17, 15) is 30.0 Å². The molecule has 3 aromatic rings. The zero-order chi connectivity index (χ0) is 39.3. The number of carboxylic acid groups (broad SMARTS) is 1. The highest BCUT2D eigenvalue weighted by Crippen LogP contribution is 2.69. The summed E-state index contributed by atoms with van der Waals surface area (Å²) in [7, 11) is 1.40. The van der Waals surface area contributed by atoms with Crippen LogP contribution in [0.15, 0.2) is 48.5 Å². The summed E-state index contributed by atoms with van der Waals surface area (Å²) in [4.78, 5) is 29.0. The van der Waals surface area contributed by atoms with Gasteiger partial charge in [-0.2, -0.15) is 0 Å². The highest BCUT2D eigenvalue weighted by atomic mass is 16.5. The second-order valence-electron chi connectivity index (χ2n) is 18.3. The molecule has 11 atom stereocenters. The molecule has 7 rings (SSSR count). The lowest BCUT2D eigenvalue weighted by molar-refractivity contribution is -0.216. The number of carboxylic acids is 1. The molecule has 4 fully saturated rings. The minimum atomic E-state index is -0.805. The molecule has 55 heavy (non-hydrogen) atoms.